The zero-order valence-corrected chi connectivity index (χ0v) is 22.8. The topological polar surface area (TPSA) is 98.7 Å². The normalized spacial score (nSPS) is 9.44. The van der Waals surface area contributed by atoms with Gasteiger partial charge in [-0.1, -0.05) is 23.6 Å². The van der Waals surface area contributed by atoms with E-state index in [9.17, 15) is 18.2 Å². The molecule has 0 fully saturated rings. The quantitative estimate of drug-likeness (QED) is 0.110. The van der Waals surface area contributed by atoms with Gasteiger partial charge in [0.05, 0.1) is 10.1 Å². The third-order valence-corrected chi connectivity index (χ3v) is 4.21. The van der Waals surface area contributed by atoms with Gasteiger partial charge in [0.15, 0.2) is 0 Å². The average Bonchev–Trinajstić information content (AvgIpc) is 2.46. The molecule has 0 aliphatic rings. The molecule has 6 nitrogen and oxygen atoms in total. The van der Waals surface area contributed by atoms with Crippen LogP contribution in [-0.2, 0) is 52.2 Å². The van der Waals surface area contributed by atoms with E-state index in [4.69, 9.17) is 0 Å². The van der Waals surface area contributed by atoms with Crippen LogP contribution in [0.4, 0.5) is 0 Å². The molecule has 0 N–H and O–H groups in total. The van der Waals surface area contributed by atoms with Crippen LogP contribution in [0.15, 0.2) is 46.2 Å². The molecule has 2 aromatic rings. The van der Waals surface area contributed by atoms with Crippen LogP contribution in [0.25, 0.3) is 0 Å². The molecule has 25 heavy (non-hydrogen) atoms. The van der Waals surface area contributed by atoms with Crippen LogP contribution in [0.1, 0.15) is 11.1 Å². The third kappa shape index (κ3) is 12.7. The Bertz CT molecular complexity index is 716. The van der Waals surface area contributed by atoms with E-state index < -0.39 is 10.1 Å². The van der Waals surface area contributed by atoms with Gasteiger partial charge in [-0.3, -0.25) is 13.5 Å². The van der Waals surface area contributed by atoms with Crippen molar-refractivity contribution < 1.29 is 119 Å². The predicted octanol–water partition coefficient (Wildman–Crippen LogP) is -4.27. The van der Waals surface area contributed by atoms with Crippen molar-refractivity contribution in [2.75, 3.05) is 0 Å². The van der Waals surface area contributed by atoms with Crippen molar-refractivity contribution in [3.63, 3.8) is 0 Å². The number of hydrogen-bond donors (Lipinski definition) is 0. The number of aryl methyl sites for hydroxylation is 2. The van der Waals surface area contributed by atoms with Gasteiger partial charge in [-0.05, 0) is 12.0 Å². The van der Waals surface area contributed by atoms with Gasteiger partial charge < -0.3 is 9.81 Å². The molecule has 0 aromatic heterocycles. The van der Waals surface area contributed by atoms with Gasteiger partial charge in [0.1, 0.15) is 0 Å². The summed E-state index contributed by atoms with van der Waals surface area (Å²) in [5.74, 6) is 0. The van der Waals surface area contributed by atoms with E-state index in [2.05, 4.69) is 21.5 Å². The van der Waals surface area contributed by atoms with Crippen molar-refractivity contribution in [3.8, 4) is 0 Å². The summed E-state index contributed by atoms with van der Waals surface area (Å²) in [6, 6.07) is 15.0. The largest absolute Gasteiger partial charge is 1.00 e. The minimum absolute atomic E-state index is 0. The Morgan fingerprint density at radius 2 is 1.56 bits per heavy atom. The summed E-state index contributed by atoms with van der Waals surface area (Å²) in [4.78, 5) is 0.628. The van der Waals surface area contributed by atoms with Crippen LogP contribution in [0.3, 0.4) is 0 Å². The van der Waals surface area contributed by atoms with Crippen LogP contribution in [0, 0.1) is 26.0 Å². The van der Waals surface area contributed by atoms with Crippen molar-refractivity contribution >= 4 is 22.2 Å². The molecule has 0 spiro atoms. The molecule has 0 bridgehead atoms. The Balaban J connectivity index is -0.000000346. The van der Waals surface area contributed by atoms with Crippen molar-refractivity contribution in [2.45, 2.75) is 23.6 Å². The minimum Gasteiger partial charge on any atom is -0.754 e. The summed E-state index contributed by atoms with van der Waals surface area (Å²) < 4.78 is 35.6. The Kier molecular flexibility index (Phi) is 20.9. The number of hydrogen-bond acceptors (Lipinski definition) is 7. The molecular weight excluding hydrogens is 463 g/mol. The Labute approximate surface area is 221 Å². The van der Waals surface area contributed by atoms with E-state index in [1.54, 1.807) is 25.1 Å². The summed E-state index contributed by atoms with van der Waals surface area (Å²) in [5.41, 5.74) is 1.48. The SMILES string of the molecule is Cc1cc[c-]cc1S(=O)(=O)[O-].Cc1cc[c-]cc1SOO[O-].[Na+].[Na+].[Y]. The van der Waals surface area contributed by atoms with E-state index in [-0.39, 0.29) is 96.7 Å². The van der Waals surface area contributed by atoms with Crippen molar-refractivity contribution in [2.24, 2.45) is 0 Å². The Hall–Kier alpha value is 1.68. The first-order valence-corrected chi connectivity index (χ1v) is 8.03. The molecule has 11 heteroatoms. The van der Waals surface area contributed by atoms with Gasteiger partial charge in [-0.15, -0.1) is 11.1 Å². The van der Waals surface area contributed by atoms with Crippen LogP contribution in [0.5, 0.6) is 0 Å². The van der Waals surface area contributed by atoms with Gasteiger partial charge in [0.2, 0.25) is 0 Å². The summed E-state index contributed by atoms with van der Waals surface area (Å²) in [6.07, 6.45) is 0. The molecule has 123 valence electrons. The first-order chi connectivity index (χ1) is 10.4. The summed E-state index contributed by atoms with van der Waals surface area (Å²) in [5, 5.41) is 12.7. The fourth-order valence-corrected chi connectivity index (χ4v) is 2.49. The van der Waals surface area contributed by atoms with Gasteiger partial charge in [-0.25, -0.2) is 0 Å². The zero-order chi connectivity index (χ0) is 16.6. The molecule has 1 radical (unpaired) electrons. The second kappa shape index (κ2) is 16.6. The zero-order valence-electron chi connectivity index (χ0n) is 14.3. The Morgan fingerprint density at radius 3 is 1.96 bits per heavy atom. The van der Waals surface area contributed by atoms with Gasteiger partial charge in [0, 0.05) is 32.7 Å². The number of benzene rings is 2. The standard InChI is InChI=1S/2C7H7O3S.2Na.Y/c1-6-4-2-3-5-7(6)11(8,9)10;1-6-4-2-3-5-7(6)11-10-9-8;;;/h2,4-5H,1H3,(H,8,9,10);2,4-5,8H,1H3;;;/q2*-1;2*+1;/p-2. The summed E-state index contributed by atoms with van der Waals surface area (Å²) in [6.45, 7) is 3.48. The molecule has 2 aromatic carbocycles. The van der Waals surface area contributed by atoms with E-state index in [1.165, 1.54) is 12.1 Å². The molecule has 0 aliphatic carbocycles. The maximum atomic E-state index is 10.5. The minimum atomic E-state index is -4.31. The average molecular weight is 475 g/mol. The van der Waals surface area contributed by atoms with Crippen LogP contribution in [0.2, 0.25) is 0 Å². The molecule has 0 amide bonds. The van der Waals surface area contributed by atoms with Crippen LogP contribution in [-0.4, -0.2) is 13.0 Å². The molecule has 0 heterocycles. The predicted molar refractivity (Wildman–Crippen MR) is 76.0 cm³/mol. The fraction of sp³-hybridized carbons (Fsp3) is 0.143. The summed E-state index contributed by atoms with van der Waals surface area (Å²) >= 11 is 0.881. The second-order valence-electron chi connectivity index (χ2n) is 4.06. The van der Waals surface area contributed by atoms with Gasteiger partial charge in [-0.2, -0.15) is 52.9 Å². The molecule has 0 unspecified atom stereocenters. The maximum Gasteiger partial charge on any atom is 1.00 e. The van der Waals surface area contributed by atoms with E-state index in [1.807, 2.05) is 13.0 Å². The molecule has 0 atom stereocenters. The monoisotopic (exact) mass is 475 g/mol. The maximum absolute atomic E-state index is 10.5. The first-order valence-electron chi connectivity index (χ1n) is 5.88. The van der Waals surface area contributed by atoms with E-state index in [0.29, 0.717) is 5.56 Å². The van der Waals surface area contributed by atoms with E-state index >= 15 is 0 Å². The van der Waals surface area contributed by atoms with E-state index in [0.717, 1.165) is 22.5 Å². The molecule has 2 rings (SSSR count). The van der Waals surface area contributed by atoms with Crippen LogP contribution < -0.4 is 64.4 Å². The van der Waals surface area contributed by atoms with Gasteiger partial charge in [0.25, 0.3) is 0 Å². The van der Waals surface area contributed by atoms with Crippen molar-refractivity contribution in [1.29, 1.82) is 0 Å². The smallest absolute Gasteiger partial charge is 0.754 e. The molecule has 0 saturated carbocycles. The fourth-order valence-electron chi connectivity index (χ4n) is 1.40. The number of rotatable bonds is 4. The summed E-state index contributed by atoms with van der Waals surface area (Å²) in [7, 11) is -4.31. The van der Waals surface area contributed by atoms with Crippen molar-refractivity contribution in [3.05, 3.63) is 59.7 Å². The molecule has 0 saturated heterocycles. The molecular formula is C14H12Na2O6S2Y-2. The first kappa shape index (κ1) is 31.4. The van der Waals surface area contributed by atoms with Crippen molar-refractivity contribution in [1.82, 2.24) is 0 Å². The third-order valence-electron chi connectivity index (χ3n) is 2.49. The van der Waals surface area contributed by atoms with Crippen LogP contribution >= 0.6 is 12.0 Å². The molecule has 0 aliphatic heterocycles. The second-order valence-corrected chi connectivity index (χ2v) is 6.15. The Morgan fingerprint density at radius 1 is 1.04 bits per heavy atom. The van der Waals surface area contributed by atoms with Gasteiger partial charge >= 0.3 is 59.1 Å².